The van der Waals surface area contributed by atoms with Gasteiger partial charge >= 0.3 is 5.97 Å². The second kappa shape index (κ2) is 9.16. The smallest absolute Gasteiger partial charge is 0.335 e. The first-order chi connectivity index (χ1) is 13.4. The molecule has 2 aromatic carbocycles. The largest absolute Gasteiger partial charge is 0.478 e. The van der Waals surface area contributed by atoms with E-state index in [0.29, 0.717) is 5.16 Å². The highest BCUT2D eigenvalue weighted by atomic mass is 79.9. The van der Waals surface area contributed by atoms with Gasteiger partial charge in [-0.3, -0.25) is 0 Å². The fourth-order valence-electron chi connectivity index (χ4n) is 2.40. The molecule has 1 N–H and O–H groups in total. The Kier molecular flexibility index (Phi) is 6.64. The molecule has 0 aliphatic heterocycles. The van der Waals surface area contributed by atoms with Gasteiger partial charge in [0.05, 0.1) is 11.8 Å². The lowest BCUT2D eigenvalue weighted by molar-refractivity contribution is 0.0697. The van der Waals surface area contributed by atoms with Crippen molar-refractivity contribution in [3.63, 3.8) is 0 Å². The maximum Gasteiger partial charge on any atom is 0.335 e. The zero-order valence-corrected chi connectivity index (χ0v) is 17.8. The van der Waals surface area contributed by atoms with Crippen LogP contribution in [0.15, 0.2) is 63.3 Å². The van der Waals surface area contributed by atoms with Crippen LogP contribution in [-0.4, -0.2) is 32.2 Å². The molecule has 0 saturated heterocycles. The molecule has 0 fully saturated rings. The monoisotopic (exact) mass is 458 g/mol. The predicted octanol–water partition coefficient (Wildman–Crippen LogP) is 5.04. The number of nitrogens with zero attached hydrogens (tertiary/aromatic N) is 4. The van der Waals surface area contributed by atoms with Gasteiger partial charge in [0, 0.05) is 16.1 Å². The molecule has 3 rings (SSSR count). The third-order valence-corrected chi connectivity index (χ3v) is 5.43. The third-order valence-electron chi connectivity index (χ3n) is 3.91. The summed E-state index contributed by atoms with van der Waals surface area (Å²) in [7, 11) is 0. The molecule has 1 heterocycles. The SMILES string of the molecule is CC(C)c1nnc(SCc2ccc(Br)cc2)n1/N=C/c1ccc(C(=O)O)cc1. The molecule has 0 aliphatic rings. The third kappa shape index (κ3) is 5.08. The van der Waals surface area contributed by atoms with Gasteiger partial charge < -0.3 is 5.11 Å². The molecule has 28 heavy (non-hydrogen) atoms. The van der Waals surface area contributed by atoms with Crippen LogP contribution in [0, 0.1) is 0 Å². The van der Waals surface area contributed by atoms with Crippen LogP contribution in [-0.2, 0) is 5.75 Å². The molecule has 0 bridgehead atoms. The van der Waals surface area contributed by atoms with E-state index in [1.807, 2.05) is 26.0 Å². The lowest BCUT2D eigenvalue weighted by atomic mass is 10.1. The summed E-state index contributed by atoms with van der Waals surface area (Å²) < 4.78 is 2.80. The number of thioether (sulfide) groups is 1. The van der Waals surface area contributed by atoms with Gasteiger partial charge in [-0.15, -0.1) is 10.2 Å². The van der Waals surface area contributed by atoms with Gasteiger partial charge in [0.15, 0.2) is 5.82 Å². The van der Waals surface area contributed by atoms with Crippen LogP contribution in [0.25, 0.3) is 0 Å². The number of hydrogen-bond acceptors (Lipinski definition) is 5. The average molecular weight is 459 g/mol. The first kappa shape index (κ1) is 20.3. The van der Waals surface area contributed by atoms with Crippen molar-refractivity contribution < 1.29 is 9.90 Å². The molecule has 0 unspecified atom stereocenters. The van der Waals surface area contributed by atoms with Crippen LogP contribution in [0.3, 0.4) is 0 Å². The van der Waals surface area contributed by atoms with Crippen molar-refractivity contribution >= 4 is 39.9 Å². The van der Waals surface area contributed by atoms with Gasteiger partial charge in [-0.2, -0.15) is 9.78 Å². The topological polar surface area (TPSA) is 80.4 Å². The summed E-state index contributed by atoms with van der Waals surface area (Å²) in [4.78, 5) is 11.0. The number of carbonyl (C=O) groups is 1. The van der Waals surface area contributed by atoms with Gasteiger partial charge in [0.2, 0.25) is 5.16 Å². The molecule has 1 aromatic heterocycles. The second-order valence-corrected chi connectivity index (χ2v) is 8.25. The quantitative estimate of drug-likeness (QED) is 0.396. The van der Waals surface area contributed by atoms with Crippen molar-refractivity contribution in [3.8, 4) is 0 Å². The summed E-state index contributed by atoms with van der Waals surface area (Å²) in [6.45, 7) is 4.09. The second-order valence-electron chi connectivity index (χ2n) is 6.39. The molecule has 0 amide bonds. The molecular formula is C20H19BrN4O2S. The minimum atomic E-state index is -0.948. The standard InChI is InChI=1S/C20H19BrN4O2S/c1-13(2)18-23-24-20(28-12-15-5-9-17(21)10-6-15)25(18)22-11-14-3-7-16(8-4-14)19(26)27/h3-11,13H,12H2,1-2H3,(H,26,27)/b22-11+. The van der Waals surface area contributed by atoms with Crippen LogP contribution < -0.4 is 0 Å². The Morgan fingerprint density at radius 1 is 1.18 bits per heavy atom. The minimum Gasteiger partial charge on any atom is -0.478 e. The number of aromatic nitrogens is 3. The van der Waals surface area contributed by atoms with Crippen molar-refractivity contribution in [1.82, 2.24) is 14.9 Å². The van der Waals surface area contributed by atoms with E-state index < -0.39 is 5.97 Å². The summed E-state index contributed by atoms with van der Waals surface area (Å²) in [6, 6.07) is 14.7. The van der Waals surface area contributed by atoms with Gasteiger partial charge in [0.25, 0.3) is 0 Å². The summed E-state index contributed by atoms with van der Waals surface area (Å²) in [6.07, 6.45) is 1.69. The van der Waals surface area contributed by atoms with Crippen LogP contribution in [0.2, 0.25) is 0 Å². The fourth-order valence-corrected chi connectivity index (χ4v) is 3.51. The highest BCUT2D eigenvalue weighted by Gasteiger charge is 2.15. The normalized spacial score (nSPS) is 11.4. The molecular weight excluding hydrogens is 440 g/mol. The number of carboxylic acids is 1. The lowest BCUT2D eigenvalue weighted by Crippen LogP contribution is -2.02. The maximum atomic E-state index is 11.0. The first-order valence-corrected chi connectivity index (χ1v) is 10.4. The Labute approximate surface area is 175 Å². The molecule has 0 atom stereocenters. The lowest BCUT2D eigenvalue weighted by Gasteiger charge is -2.07. The number of benzene rings is 2. The summed E-state index contributed by atoms with van der Waals surface area (Å²) >= 11 is 5.01. The van der Waals surface area contributed by atoms with Gasteiger partial charge in [0.1, 0.15) is 0 Å². The van der Waals surface area contributed by atoms with E-state index in [2.05, 4.69) is 43.4 Å². The van der Waals surface area contributed by atoms with E-state index in [4.69, 9.17) is 5.11 Å². The Morgan fingerprint density at radius 2 is 1.86 bits per heavy atom. The molecule has 3 aromatic rings. The molecule has 0 aliphatic carbocycles. The van der Waals surface area contributed by atoms with Crippen LogP contribution in [0.4, 0.5) is 0 Å². The number of rotatable bonds is 7. The summed E-state index contributed by atoms with van der Waals surface area (Å²) in [5.74, 6) is 0.751. The fraction of sp³-hybridized carbons (Fsp3) is 0.200. The highest BCUT2D eigenvalue weighted by Crippen LogP contribution is 2.25. The molecule has 144 valence electrons. The first-order valence-electron chi connectivity index (χ1n) is 8.64. The molecule has 0 radical (unpaired) electrons. The number of halogens is 1. The van der Waals surface area contributed by atoms with E-state index in [-0.39, 0.29) is 11.5 Å². The van der Waals surface area contributed by atoms with Crippen LogP contribution in [0.5, 0.6) is 0 Å². The Morgan fingerprint density at radius 3 is 2.46 bits per heavy atom. The predicted molar refractivity (Wildman–Crippen MR) is 114 cm³/mol. The average Bonchev–Trinajstić information content (AvgIpc) is 3.09. The van der Waals surface area contributed by atoms with Gasteiger partial charge in [-0.05, 0) is 35.4 Å². The number of carboxylic acid groups (broad SMARTS) is 1. The van der Waals surface area contributed by atoms with E-state index in [0.717, 1.165) is 21.6 Å². The minimum absolute atomic E-state index is 0.168. The molecule has 6 nitrogen and oxygen atoms in total. The van der Waals surface area contributed by atoms with Gasteiger partial charge in [-0.1, -0.05) is 65.8 Å². The van der Waals surface area contributed by atoms with Crippen molar-refractivity contribution in [1.29, 1.82) is 0 Å². The summed E-state index contributed by atoms with van der Waals surface area (Å²) in [5, 5.41) is 22.8. The highest BCUT2D eigenvalue weighted by molar-refractivity contribution is 9.10. The zero-order chi connectivity index (χ0) is 20.1. The molecule has 8 heteroatoms. The molecule has 0 saturated carbocycles. The van der Waals surface area contributed by atoms with E-state index in [1.54, 1.807) is 46.9 Å². The van der Waals surface area contributed by atoms with E-state index >= 15 is 0 Å². The zero-order valence-electron chi connectivity index (χ0n) is 15.4. The van der Waals surface area contributed by atoms with Crippen molar-refractivity contribution in [2.24, 2.45) is 5.10 Å². The van der Waals surface area contributed by atoms with Crippen LogP contribution >= 0.6 is 27.7 Å². The van der Waals surface area contributed by atoms with Crippen LogP contribution in [0.1, 0.15) is 47.1 Å². The molecule has 0 spiro atoms. The summed E-state index contributed by atoms with van der Waals surface area (Å²) in [5.41, 5.74) is 2.23. The Hall–Kier alpha value is -2.45. The van der Waals surface area contributed by atoms with Gasteiger partial charge in [-0.25, -0.2) is 4.79 Å². The Balaban J connectivity index is 1.80. The van der Waals surface area contributed by atoms with Crippen molar-refractivity contribution in [2.45, 2.75) is 30.7 Å². The number of aromatic carboxylic acids is 1. The van der Waals surface area contributed by atoms with Crippen molar-refractivity contribution in [3.05, 3.63) is 75.5 Å². The van der Waals surface area contributed by atoms with E-state index in [9.17, 15) is 4.79 Å². The maximum absolute atomic E-state index is 11.0. The van der Waals surface area contributed by atoms with Crippen molar-refractivity contribution in [2.75, 3.05) is 0 Å². The number of hydrogen-bond donors (Lipinski definition) is 1. The Bertz CT molecular complexity index is 982. The van der Waals surface area contributed by atoms with E-state index in [1.165, 1.54) is 5.56 Å².